The summed E-state index contributed by atoms with van der Waals surface area (Å²) in [5.41, 5.74) is 5.26. The maximum Gasteiger partial charge on any atom is 0.256 e. The van der Waals surface area contributed by atoms with Gasteiger partial charge in [-0.2, -0.15) is 0 Å². The van der Waals surface area contributed by atoms with Gasteiger partial charge in [0.05, 0.1) is 0 Å². The molecule has 1 amide bonds. The van der Waals surface area contributed by atoms with Crippen molar-refractivity contribution in [2.75, 3.05) is 31.5 Å². The van der Waals surface area contributed by atoms with E-state index >= 15 is 0 Å². The SMILES string of the molecule is Cc1cccc(C)c1C(=O)Nc1cc(CN2CCCC2)c(O)c(CN2CCCC2)c1. The molecule has 0 saturated carbocycles. The molecule has 2 heterocycles. The van der Waals surface area contributed by atoms with E-state index in [9.17, 15) is 9.90 Å². The van der Waals surface area contributed by atoms with Gasteiger partial charge in [-0.15, -0.1) is 0 Å². The predicted octanol–water partition coefficient (Wildman–Crippen LogP) is 4.45. The molecule has 2 saturated heterocycles. The summed E-state index contributed by atoms with van der Waals surface area (Å²) in [5, 5.41) is 14.1. The van der Waals surface area contributed by atoms with Gasteiger partial charge in [-0.1, -0.05) is 18.2 Å². The van der Waals surface area contributed by atoms with Crippen LogP contribution in [-0.2, 0) is 13.1 Å². The molecule has 30 heavy (non-hydrogen) atoms. The largest absolute Gasteiger partial charge is 0.507 e. The maximum absolute atomic E-state index is 13.1. The van der Waals surface area contributed by atoms with E-state index in [1.54, 1.807) is 0 Å². The molecule has 2 fully saturated rings. The summed E-state index contributed by atoms with van der Waals surface area (Å²) in [5.74, 6) is 0.300. The molecule has 0 unspecified atom stereocenters. The van der Waals surface area contributed by atoms with Crippen LogP contribution in [0.5, 0.6) is 5.75 Å². The molecule has 0 atom stereocenters. The van der Waals surface area contributed by atoms with Crippen molar-refractivity contribution in [2.45, 2.75) is 52.6 Å². The molecule has 2 aliphatic heterocycles. The van der Waals surface area contributed by atoms with Crippen molar-refractivity contribution in [1.29, 1.82) is 0 Å². The summed E-state index contributed by atoms with van der Waals surface area (Å²) in [7, 11) is 0. The van der Waals surface area contributed by atoms with Crippen molar-refractivity contribution >= 4 is 11.6 Å². The molecule has 0 spiro atoms. The summed E-state index contributed by atoms with van der Waals surface area (Å²) in [4.78, 5) is 17.8. The van der Waals surface area contributed by atoms with Crippen molar-refractivity contribution in [1.82, 2.24) is 9.80 Å². The van der Waals surface area contributed by atoms with E-state index in [1.807, 2.05) is 44.2 Å². The summed E-state index contributed by atoms with van der Waals surface area (Å²) in [6.45, 7) is 9.67. The van der Waals surface area contributed by atoms with Gasteiger partial charge in [0, 0.05) is 35.5 Å². The van der Waals surface area contributed by atoms with Crippen LogP contribution in [-0.4, -0.2) is 47.0 Å². The molecule has 0 bridgehead atoms. The van der Waals surface area contributed by atoms with E-state index in [2.05, 4.69) is 15.1 Å². The Balaban J connectivity index is 1.62. The van der Waals surface area contributed by atoms with Gasteiger partial charge < -0.3 is 10.4 Å². The third-order valence-electron chi connectivity index (χ3n) is 6.42. The highest BCUT2D eigenvalue weighted by Crippen LogP contribution is 2.31. The molecule has 0 aliphatic carbocycles. The van der Waals surface area contributed by atoms with Crippen LogP contribution in [0.15, 0.2) is 30.3 Å². The summed E-state index contributed by atoms with van der Waals surface area (Å²) >= 11 is 0. The fourth-order valence-electron chi connectivity index (χ4n) is 4.80. The van der Waals surface area contributed by atoms with E-state index in [0.717, 1.165) is 72.8 Å². The molecule has 2 aromatic carbocycles. The van der Waals surface area contributed by atoms with Crippen LogP contribution < -0.4 is 5.32 Å². The first-order valence-corrected chi connectivity index (χ1v) is 11.2. The van der Waals surface area contributed by atoms with E-state index in [-0.39, 0.29) is 5.91 Å². The molecular weight excluding hydrogens is 374 g/mol. The Bertz CT molecular complexity index is 853. The van der Waals surface area contributed by atoms with E-state index in [1.165, 1.54) is 25.7 Å². The minimum absolute atomic E-state index is 0.0875. The summed E-state index contributed by atoms with van der Waals surface area (Å²) in [6, 6.07) is 9.82. The normalized spacial score (nSPS) is 17.5. The predicted molar refractivity (Wildman–Crippen MR) is 121 cm³/mol. The lowest BCUT2D eigenvalue weighted by Gasteiger charge is -2.21. The highest BCUT2D eigenvalue weighted by molar-refractivity contribution is 6.06. The van der Waals surface area contributed by atoms with Gasteiger partial charge in [-0.3, -0.25) is 14.6 Å². The van der Waals surface area contributed by atoms with Crippen molar-refractivity contribution in [2.24, 2.45) is 0 Å². The van der Waals surface area contributed by atoms with Crippen LogP contribution in [0, 0.1) is 13.8 Å². The molecule has 0 aromatic heterocycles. The second-order valence-electron chi connectivity index (χ2n) is 8.83. The Labute approximate surface area is 179 Å². The van der Waals surface area contributed by atoms with Crippen LogP contribution in [0.25, 0.3) is 0 Å². The number of nitrogens with zero attached hydrogens (tertiary/aromatic N) is 2. The van der Waals surface area contributed by atoms with E-state index in [4.69, 9.17) is 0 Å². The lowest BCUT2D eigenvalue weighted by molar-refractivity contribution is 0.102. The Morgan fingerprint density at radius 1 is 0.900 bits per heavy atom. The Kier molecular flexibility index (Phi) is 6.40. The number of amides is 1. The standard InChI is InChI=1S/C25H33N3O2/c1-18-8-7-9-19(2)23(18)25(30)26-22-14-20(16-27-10-3-4-11-27)24(29)21(15-22)17-28-12-5-6-13-28/h7-9,14-15,29H,3-6,10-13,16-17H2,1-2H3,(H,26,30). The van der Waals surface area contributed by atoms with E-state index < -0.39 is 0 Å². The molecule has 2 aliphatic rings. The van der Waals surface area contributed by atoms with Gasteiger partial charge in [-0.05, 0) is 89.0 Å². The van der Waals surface area contributed by atoms with Crippen molar-refractivity contribution < 1.29 is 9.90 Å². The average molecular weight is 408 g/mol. The monoisotopic (exact) mass is 407 g/mol. The zero-order chi connectivity index (χ0) is 21.1. The lowest BCUT2D eigenvalue weighted by atomic mass is 10.0. The fraction of sp³-hybridized carbons (Fsp3) is 0.480. The average Bonchev–Trinajstić information content (AvgIpc) is 3.39. The number of benzene rings is 2. The number of nitrogens with one attached hydrogen (secondary N) is 1. The molecule has 5 heteroatoms. The van der Waals surface area contributed by atoms with Crippen molar-refractivity contribution in [3.8, 4) is 5.75 Å². The topological polar surface area (TPSA) is 55.8 Å². The molecule has 2 N–H and O–H groups in total. The number of carbonyl (C=O) groups excluding carboxylic acids is 1. The number of carbonyl (C=O) groups is 1. The molecular formula is C25H33N3O2. The maximum atomic E-state index is 13.1. The summed E-state index contributed by atoms with van der Waals surface area (Å²) in [6.07, 6.45) is 4.85. The zero-order valence-corrected chi connectivity index (χ0v) is 18.2. The number of rotatable bonds is 6. The number of anilines is 1. The smallest absolute Gasteiger partial charge is 0.256 e. The third-order valence-corrected chi connectivity index (χ3v) is 6.42. The van der Waals surface area contributed by atoms with Gasteiger partial charge in [0.1, 0.15) is 5.75 Å². The van der Waals surface area contributed by atoms with Gasteiger partial charge in [-0.25, -0.2) is 0 Å². The molecule has 4 rings (SSSR count). The first-order valence-electron chi connectivity index (χ1n) is 11.2. The second-order valence-corrected chi connectivity index (χ2v) is 8.83. The Morgan fingerprint density at radius 2 is 1.37 bits per heavy atom. The number of hydrogen-bond donors (Lipinski definition) is 2. The number of phenolic OH excluding ortho intramolecular Hbond substituents is 1. The number of aryl methyl sites for hydroxylation is 2. The third kappa shape index (κ3) is 4.68. The highest BCUT2D eigenvalue weighted by atomic mass is 16.3. The number of likely N-dealkylation sites (tertiary alicyclic amines) is 2. The van der Waals surface area contributed by atoms with Crippen LogP contribution in [0.1, 0.15) is 58.3 Å². The van der Waals surface area contributed by atoms with E-state index in [0.29, 0.717) is 5.75 Å². The highest BCUT2D eigenvalue weighted by Gasteiger charge is 2.20. The van der Waals surface area contributed by atoms with Gasteiger partial charge in [0.25, 0.3) is 5.91 Å². The van der Waals surface area contributed by atoms with Crippen LogP contribution in [0.2, 0.25) is 0 Å². The number of aromatic hydroxyl groups is 1. The Morgan fingerprint density at radius 3 is 1.83 bits per heavy atom. The quantitative estimate of drug-likeness (QED) is 0.695. The fourth-order valence-corrected chi connectivity index (χ4v) is 4.80. The molecule has 5 nitrogen and oxygen atoms in total. The first kappa shape index (κ1) is 20.9. The van der Waals surface area contributed by atoms with Crippen LogP contribution >= 0.6 is 0 Å². The van der Waals surface area contributed by atoms with Crippen molar-refractivity contribution in [3.63, 3.8) is 0 Å². The lowest BCUT2D eigenvalue weighted by Crippen LogP contribution is -2.21. The number of hydrogen-bond acceptors (Lipinski definition) is 4. The van der Waals surface area contributed by atoms with Crippen LogP contribution in [0.3, 0.4) is 0 Å². The molecule has 160 valence electrons. The minimum Gasteiger partial charge on any atom is -0.507 e. The van der Waals surface area contributed by atoms with Crippen molar-refractivity contribution in [3.05, 3.63) is 58.1 Å². The van der Waals surface area contributed by atoms with Gasteiger partial charge >= 0.3 is 0 Å². The Hall–Kier alpha value is -2.37. The van der Waals surface area contributed by atoms with Gasteiger partial charge in [0.2, 0.25) is 0 Å². The minimum atomic E-state index is -0.0875. The summed E-state index contributed by atoms with van der Waals surface area (Å²) < 4.78 is 0. The first-order chi connectivity index (χ1) is 14.5. The van der Waals surface area contributed by atoms with Gasteiger partial charge in [0.15, 0.2) is 0 Å². The number of phenols is 1. The second kappa shape index (κ2) is 9.19. The molecule has 2 aromatic rings. The zero-order valence-electron chi connectivity index (χ0n) is 18.2. The molecule has 0 radical (unpaired) electrons. The van der Waals surface area contributed by atoms with Crippen LogP contribution in [0.4, 0.5) is 5.69 Å².